The van der Waals surface area contributed by atoms with Crippen molar-refractivity contribution in [3.63, 3.8) is 0 Å². The van der Waals surface area contributed by atoms with E-state index in [4.69, 9.17) is 0 Å². The highest BCUT2D eigenvalue weighted by atomic mass is 32.2. The van der Waals surface area contributed by atoms with E-state index in [-0.39, 0.29) is 6.04 Å². The average Bonchev–Trinajstić information content (AvgIpc) is 2.37. The van der Waals surface area contributed by atoms with Gasteiger partial charge in [0.25, 0.3) is 0 Å². The van der Waals surface area contributed by atoms with Gasteiger partial charge < -0.3 is 0 Å². The minimum absolute atomic E-state index is 0.252. The molecule has 0 saturated carbocycles. The van der Waals surface area contributed by atoms with Gasteiger partial charge in [0.15, 0.2) is 9.84 Å². The smallest absolute Gasteiger partial charge is 0.151 e. The van der Waals surface area contributed by atoms with Gasteiger partial charge in [0.1, 0.15) is 0 Å². The molecule has 1 rings (SSSR count). The van der Waals surface area contributed by atoms with Crippen LogP contribution in [0.1, 0.15) is 59.3 Å². The number of nitrogens with zero attached hydrogens (tertiary/aromatic N) is 1. The molecule has 114 valence electrons. The predicted molar refractivity (Wildman–Crippen MR) is 82.2 cm³/mol. The second kappa shape index (κ2) is 8.25. The summed E-state index contributed by atoms with van der Waals surface area (Å²) in [5, 5.41) is 0. The van der Waals surface area contributed by atoms with E-state index in [1.807, 2.05) is 0 Å². The Bertz CT molecular complexity index is 332. The molecule has 1 atom stereocenters. The summed E-state index contributed by atoms with van der Waals surface area (Å²) < 4.78 is 24.5. The van der Waals surface area contributed by atoms with Crippen molar-refractivity contribution in [2.45, 2.75) is 65.3 Å². The van der Waals surface area contributed by atoms with Crippen LogP contribution in [0.3, 0.4) is 0 Å². The average molecular weight is 289 g/mol. The van der Waals surface area contributed by atoms with Crippen LogP contribution in [0.5, 0.6) is 0 Å². The van der Waals surface area contributed by atoms with Crippen LogP contribution < -0.4 is 0 Å². The molecule has 1 aliphatic heterocycles. The van der Waals surface area contributed by atoms with Crippen molar-refractivity contribution in [3.8, 4) is 0 Å². The molecule has 0 N–H and O–H groups in total. The van der Waals surface area contributed by atoms with Gasteiger partial charge in [-0.05, 0) is 44.7 Å². The highest BCUT2D eigenvalue weighted by molar-refractivity contribution is 7.91. The Labute approximate surface area is 119 Å². The van der Waals surface area contributed by atoms with Crippen molar-refractivity contribution < 1.29 is 8.42 Å². The molecule has 0 aliphatic carbocycles. The van der Waals surface area contributed by atoms with Crippen LogP contribution in [0.15, 0.2) is 0 Å². The molecule has 0 bridgehead atoms. The van der Waals surface area contributed by atoms with Crippen LogP contribution in [-0.2, 0) is 9.84 Å². The molecule has 4 heteroatoms. The molecule has 1 fully saturated rings. The van der Waals surface area contributed by atoms with Crippen LogP contribution in [-0.4, -0.2) is 44.0 Å². The number of likely N-dealkylation sites (tertiary alicyclic amines) is 1. The normalized spacial score (nSPS) is 19.8. The molecule has 0 spiro atoms. The molecule has 0 aromatic carbocycles. The Kier molecular flexibility index (Phi) is 7.37. The Morgan fingerprint density at radius 3 is 2.21 bits per heavy atom. The Morgan fingerprint density at radius 1 is 1.05 bits per heavy atom. The third-order valence-corrected chi connectivity index (χ3v) is 5.73. The fourth-order valence-corrected chi connectivity index (χ4v) is 4.74. The van der Waals surface area contributed by atoms with E-state index >= 15 is 0 Å². The summed E-state index contributed by atoms with van der Waals surface area (Å²) in [5.41, 5.74) is 0. The zero-order valence-electron chi connectivity index (χ0n) is 12.9. The maximum Gasteiger partial charge on any atom is 0.151 e. The fraction of sp³-hybridized carbons (Fsp3) is 1.00. The zero-order chi connectivity index (χ0) is 14.3. The maximum atomic E-state index is 12.2. The lowest BCUT2D eigenvalue weighted by Gasteiger charge is -2.34. The minimum atomic E-state index is -2.89. The van der Waals surface area contributed by atoms with E-state index in [1.54, 1.807) is 0 Å². The lowest BCUT2D eigenvalue weighted by Crippen LogP contribution is -2.43. The van der Waals surface area contributed by atoms with Crippen molar-refractivity contribution in [1.82, 2.24) is 4.90 Å². The van der Waals surface area contributed by atoms with Crippen LogP contribution >= 0.6 is 0 Å². The van der Waals surface area contributed by atoms with Crippen LogP contribution in [0.25, 0.3) is 0 Å². The molecule has 3 nitrogen and oxygen atoms in total. The van der Waals surface area contributed by atoms with E-state index in [0.29, 0.717) is 17.4 Å². The molecule has 0 aromatic rings. The van der Waals surface area contributed by atoms with Crippen LogP contribution in [0.4, 0.5) is 0 Å². The van der Waals surface area contributed by atoms with E-state index in [0.717, 1.165) is 32.4 Å². The first-order chi connectivity index (χ1) is 8.94. The predicted octanol–water partition coefficient (Wildman–Crippen LogP) is 3.10. The van der Waals surface area contributed by atoms with E-state index in [1.165, 1.54) is 19.3 Å². The number of piperidine rings is 1. The molecule has 19 heavy (non-hydrogen) atoms. The summed E-state index contributed by atoms with van der Waals surface area (Å²) in [7, 11) is -2.89. The third-order valence-electron chi connectivity index (χ3n) is 3.98. The van der Waals surface area contributed by atoms with Gasteiger partial charge in [0.2, 0.25) is 0 Å². The fourth-order valence-electron chi connectivity index (χ4n) is 2.78. The van der Waals surface area contributed by atoms with Crippen molar-refractivity contribution in [2.75, 3.05) is 24.6 Å². The first-order valence-corrected chi connectivity index (χ1v) is 9.71. The molecule has 0 aromatic heterocycles. The van der Waals surface area contributed by atoms with Crippen molar-refractivity contribution in [2.24, 2.45) is 5.92 Å². The van der Waals surface area contributed by atoms with Gasteiger partial charge in [-0.2, -0.15) is 0 Å². The SMILES string of the molecule is CCCC(CS(=O)(=O)CCC(C)C)N1CCCCC1. The van der Waals surface area contributed by atoms with E-state index < -0.39 is 9.84 Å². The second-order valence-corrected chi connectivity index (χ2v) is 8.56. The molecule has 1 heterocycles. The Hall–Kier alpha value is -0.0900. The Morgan fingerprint density at radius 2 is 1.68 bits per heavy atom. The zero-order valence-corrected chi connectivity index (χ0v) is 13.7. The molecule has 1 aliphatic rings. The number of hydrogen-bond acceptors (Lipinski definition) is 3. The minimum Gasteiger partial charge on any atom is -0.299 e. The molecular weight excluding hydrogens is 258 g/mol. The largest absolute Gasteiger partial charge is 0.299 e. The number of sulfone groups is 1. The van der Waals surface area contributed by atoms with E-state index in [2.05, 4.69) is 25.7 Å². The van der Waals surface area contributed by atoms with Gasteiger partial charge in [-0.25, -0.2) is 8.42 Å². The second-order valence-electron chi connectivity index (χ2n) is 6.34. The van der Waals surface area contributed by atoms with Crippen molar-refractivity contribution in [3.05, 3.63) is 0 Å². The number of hydrogen-bond donors (Lipinski definition) is 0. The lowest BCUT2D eigenvalue weighted by atomic mass is 10.1. The summed E-state index contributed by atoms with van der Waals surface area (Å²) in [6.07, 6.45) is 6.64. The quantitative estimate of drug-likeness (QED) is 0.689. The van der Waals surface area contributed by atoms with Gasteiger partial charge in [-0.15, -0.1) is 0 Å². The summed E-state index contributed by atoms with van der Waals surface area (Å²) >= 11 is 0. The molecule has 1 saturated heterocycles. The molecule has 1 unspecified atom stereocenters. The molecule has 0 amide bonds. The van der Waals surface area contributed by atoms with Gasteiger partial charge >= 0.3 is 0 Å². The van der Waals surface area contributed by atoms with Gasteiger partial charge in [-0.3, -0.25) is 4.90 Å². The Balaban J connectivity index is 2.55. The standard InChI is InChI=1S/C15H31NO2S/c1-4-8-15(16-10-6-5-7-11-16)13-19(17,18)12-9-14(2)3/h14-15H,4-13H2,1-3H3. The molecular formula is C15H31NO2S. The van der Waals surface area contributed by atoms with E-state index in [9.17, 15) is 8.42 Å². The monoisotopic (exact) mass is 289 g/mol. The summed E-state index contributed by atoms with van der Waals surface area (Å²) in [6, 6.07) is 0.252. The summed E-state index contributed by atoms with van der Waals surface area (Å²) in [6.45, 7) is 8.50. The maximum absolute atomic E-state index is 12.2. The van der Waals surface area contributed by atoms with Gasteiger partial charge in [-0.1, -0.05) is 33.6 Å². The lowest BCUT2D eigenvalue weighted by molar-refractivity contribution is 0.167. The first kappa shape index (κ1) is 17.0. The van der Waals surface area contributed by atoms with Gasteiger partial charge in [0.05, 0.1) is 11.5 Å². The summed E-state index contributed by atoms with van der Waals surface area (Å²) in [4.78, 5) is 2.42. The first-order valence-electron chi connectivity index (χ1n) is 7.89. The van der Waals surface area contributed by atoms with Crippen molar-refractivity contribution in [1.29, 1.82) is 0 Å². The van der Waals surface area contributed by atoms with Crippen molar-refractivity contribution >= 4 is 9.84 Å². The highest BCUT2D eigenvalue weighted by Crippen LogP contribution is 2.18. The highest BCUT2D eigenvalue weighted by Gasteiger charge is 2.25. The number of rotatable bonds is 8. The summed E-state index contributed by atoms with van der Waals surface area (Å²) in [5.74, 6) is 1.20. The van der Waals surface area contributed by atoms with Gasteiger partial charge in [0, 0.05) is 6.04 Å². The van der Waals surface area contributed by atoms with Crippen LogP contribution in [0, 0.1) is 5.92 Å². The molecule has 0 radical (unpaired) electrons. The van der Waals surface area contributed by atoms with Crippen LogP contribution in [0.2, 0.25) is 0 Å². The third kappa shape index (κ3) is 6.75. The topological polar surface area (TPSA) is 37.4 Å².